The molecule has 0 aromatic rings. The fraction of sp³-hybridized carbons (Fsp3) is 0.833. The van der Waals surface area contributed by atoms with Crippen molar-refractivity contribution in [2.45, 2.75) is 58.2 Å². The first-order chi connectivity index (χ1) is 7.47. The average Bonchev–Trinajstić information content (AvgIpc) is 2.57. The molecule has 16 heavy (non-hydrogen) atoms. The van der Waals surface area contributed by atoms with Gasteiger partial charge in [0.1, 0.15) is 6.04 Å². The molecule has 2 unspecified atom stereocenters. The molecule has 2 N–H and O–H groups in total. The van der Waals surface area contributed by atoms with E-state index in [2.05, 4.69) is 6.07 Å². The molecule has 0 aromatic carbocycles. The molecule has 0 aliphatic carbocycles. The minimum absolute atomic E-state index is 0.0646. The third kappa shape index (κ3) is 2.73. The summed E-state index contributed by atoms with van der Waals surface area (Å²) in [7, 11) is 0. The summed E-state index contributed by atoms with van der Waals surface area (Å²) in [5.74, 6) is 0.336. The van der Waals surface area contributed by atoms with Crippen molar-refractivity contribution in [1.29, 1.82) is 5.26 Å². The number of rotatable bonds is 3. The van der Waals surface area contributed by atoms with Crippen molar-refractivity contribution in [3.8, 4) is 6.07 Å². The van der Waals surface area contributed by atoms with E-state index in [1.165, 1.54) is 0 Å². The van der Waals surface area contributed by atoms with Gasteiger partial charge < -0.3 is 10.6 Å². The van der Waals surface area contributed by atoms with Crippen LogP contribution >= 0.6 is 0 Å². The van der Waals surface area contributed by atoms with Gasteiger partial charge in [-0.2, -0.15) is 5.26 Å². The molecule has 0 radical (unpaired) electrons. The minimum Gasteiger partial charge on any atom is -0.323 e. The molecule has 1 aliphatic heterocycles. The molecule has 1 aliphatic rings. The van der Waals surface area contributed by atoms with Crippen LogP contribution in [0.3, 0.4) is 0 Å². The van der Waals surface area contributed by atoms with Crippen molar-refractivity contribution in [3.05, 3.63) is 0 Å². The van der Waals surface area contributed by atoms with Crippen LogP contribution in [0, 0.1) is 17.2 Å². The standard InChI is InChI=1S/C12H21N3O/c1-8(2)6-11(14)12(16)15-9(3)4-5-10(15)7-13/h8-11H,4-6,14H2,1-3H3/t9?,10?,11-/m0/s1. The maximum absolute atomic E-state index is 12.1. The summed E-state index contributed by atoms with van der Waals surface area (Å²) < 4.78 is 0. The third-order valence-corrected chi connectivity index (χ3v) is 3.11. The number of carbonyl (C=O) groups excluding carboxylic acids is 1. The predicted octanol–water partition coefficient (Wildman–Crippen LogP) is 1.26. The van der Waals surface area contributed by atoms with Crippen molar-refractivity contribution in [3.63, 3.8) is 0 Å². The van der Waals surface area contributed by atoms with E-state index < -0.39 is 6.04 Å². The summed E-state index contributed by atoms with van der Waals surface area (Å²) in [6.45, 7) is 6.07. The van der Waals surface area contributed by atoms with Crippen LogP contribution in [0.2, 0.25) is 0 Å². The Bertz CT molecular complexity index is 295. The van der Waals surface area contributed by atoms with Crippen LogP contribution in [-0.2, 0) is 4.79 Å². The summed E-state index contributed by atoms with van der Waals surface area (Å²) in [6, 6.07) is 1.59. The lowest BCUT2D eigenvalue weighted by molar-refractivity contribution is -0.134. The van der Waals surface area contributed by atoms with Gasteiger partial charge in [0.15, 0.2) is 0 Å². The lowest BCUT2D eigenvalue weighted by atomic mass is 10.0. The van der Waals surface area contributed by atoms with Crippen LogP contribution in [0.1, 0.15) is 40.0 Å². The molecule has 0 bridgehead atoms. The number of nitriles is 1. The van der Waals surface area contributed by atoms with E-state index in [9.17, 15) is 4.79 Å². The highest BCUT2D eigenvalue weighted by Crippen LogP contribution is 2.24. The van der Waals surface area contributed by atoms with Crippen LogP contribution in [0.15, 0.2) is 0 Å². The Labute approximate surface area is 97.4 Å². The Hall–Kier alpha value is -1.08. The minimum atomic E-state index is -0.462. The maximum atomic E-state index is 12.1. The second-order valence-electron chi connectivity index (χ2n) is 5.05. The number of nitrogens with zero attached hydrogens (tertiary/aromatic N) is 2. The molecule has 1 amide bonds. The lowest BCUT2D eigenvalue weighted by Crippen LogP contribution is -2.48. The molecule has 0 saturated carbocycles. The first-order valence-electron chi connectivity index (χ1n) is 5.94. The second-order valence-corrected chi connectivity index (χ2v) is 5.05. The summed E-state index contributed by atoms with van der Waals surface area (Å²) in [6.07, 6.45) is 2.36. The van der Waals surface area contributed by atoms with Gasteiger partial charge in [-0.3, -0.25) is 4.79 Å². The van der Waals surface area contributed by atoms with E-state index in [1.54, 1.807) is 4.90 Å². The zero-order valence-corrected chi connectivity index (χ0v) is 10.3. The van der Waals surface area contributed by atoms with Gasteiger partial charge in [-0.05, 0) is 32.1 Å². The topological polar surface area (TPSA) is 70.1 Å². The van der Waals surface area contributed by atoms with E-state index in [1.807, 2.05) is 20.8 Å². The SMILES string of the molecule is CC(C)C[C@H](N)C(=O)N1C(C)CCC1C#N. The smallest absolute Gasteiger partial charge is 0.240 e. The van der Waals surface area contributed by atoms with Crippen LogP contribution < -0.4 is 5.73 Å². The maximum Gasteiger partial charge on any atom is 0.240 e. The zero-order chi connectivity index (χ0) is 12.3. The van der Waals surface area contributed by atoms with Gasteiger partial charge in [0, 0.05) is 6.04 Å². The normalized spacial score (nSPS) is 26.9. The highest BCUT2D eigenvalue weighted by Gasteiger charge is 2.36. The van der Waals surface area contributed by atoms with Crippen molar-refractivity contribution in [2.24, 2.45) is 11.7 Å². The summed E-state index contributed by atoms with van der Waals surface area (Å²) in [5.41, 5.74) is 5.88. The van der Waals surface area contributed by atoms with Crippen LogP contribution in [0.4, 0.5) is 0 Å². The fourth-order valence-electron chi connectivity index (χ4n) is 2.28. The molecule has 1 fully saturated rings. The fourth-order valence-corrected chi connectivity index (χ4v) is 2.28. The van der Waals surface area contributed by atoms with Crippen LogP contribution in [0.25, 0.3) is 0 Å². The van der Waals surface area contributed by atoms with Gasteiger partial charge >= 0.3 is 0 Å². The average molecular weight is 223 g/mol. The van der Waals surface area contributed by atoms with Gasteiger partial charge in [-0.1, -0.05) is 13.8 Å². The molecule has 0 spiro atoms. The number of carbonyl (C=O) groups is 1. The Morgan fingerprint density at radius 1 is 1.56 bits per heavy atom. The van der Waals surface area contributed by atoms with Gasteiger partial charge in [-0.25, -0.2) is 0 Å². The molecule has 4 heteroatoms. The van der Waals surface area contributed by atoms with Crippen molar-refractivity contribution < 1.29 is 4.79 Å². The number of hydrogen-bond acceptors (Lipinski definition) is 3. The highest BCUT2D eigenvalue weighted by atomic mass is 16.2. The molecular formula is C12H21N3O. The number of likely N-dealkylation sites (tertiary alicyclic amines) is 1. The van der Waals surface area contributed by atoms with E-state index >= 15 is 0 Å². The van der Waals surface area contributed by atoms with Crippen molar-refractivity contribution >= 4 is 5.91 Å². The Balaban J connectivity index is 2.68. The molecule has 0 aromatic heterocycles. The Morgan fingerprint density at radius 3 is 2.69 bits per heavy atom. The van der Waals surface area contributed by atoms with Gasteiger partial charge in [0.05, 0.1) is 12.1 Å². The predicted molar refractivity (Wildman–Crippen MR) is 62.4 cm³/mol. The van der Waals surface area contributed by atoms with Gasteiger partial charge in [0.2, 0.25) is 5.91 Å². The van der Waals surface area contributed by atoms with E-state index in [4.69, 9.17) is 11.0 Å². The number of nitrogens with two attached hydrogens (primary N) is 1. The van der Waals surface area contributed by atoms with Crippen molar-refractivity contribution in [2.75, 3.05) is 0 Å². The molecule has 90 valence electrons. The number of hydrogen-bond donors (Lipinski definition) is 1. The molecule has 4 nitrogen and oxygen atoms in total. The van der Waals surface area contributed by atoms with Gasteiger partial charge in [0.25, 0.3) is 0 Å². The molecule has 1 saturated heterocycles. The molecular weight excluding hydrogens is 202 g/mol. The summed E-state index contributed by atoms with van der Waals surface area (Å²) in [5, 5.41) is 8.98. The van der Waals surface area contributed by atoms with Gasteiger partial charge in [-0.15, -0.1) is 0 Å². The molecule has 3 atom stereocenters. The van der Waals surface area contributed by atoms with Crippen LogP contribution in [-0.4, -0.2) is 28.9 Å². The second kappa shape index (κ2) is 5.31. The van der Waals surface area contributed by atoms with Crippen molar-refractivity contribution in [1.82, 2.24) is 4.90 Å². The van der Waals surface area contributed by atoms with Crippen LogP contribution in [0.5, 0.6) is 0 Å². The molecule has 1 heterocycles. The largest absolute Gasteiger partial charge is 0.323 e. The first kappa shape index (κ1) is 13.0. The molecule has 1 rings (SSSR count). The summed E-state index contributed by atoms with van der Waals surface area (Å²) in [4.78, 5) is 13.8. The van der Waals surface area contributed by atoms with E-state index in [0.717, 1.165) is 12.8 Å². The lowest BCUT2D eigenvalue weighted by Gasteiger charge is -2.28. The first-order valence-corrected chi connectivity index (χ1v) is 5.94. The van der Waals surface area contributed by atoms with E-state index in [0.29, 0.717) is 12.3 Å². The number of amides is 1. The van der Waals surface area contributed by atoms with E-state index in [-0.39, 0.29) is 18.0 Å². The Morgan fingerprint density at radius 2 is 2.19 bits per heavy atom. The highest BCUT2D eigenvalue weighted by molar-refractivity contribution is 5.82. The summed E-state index contributed by atoms with van der Waals surface area (Å²) >= 11 is 0. The third-order valence-electron chi connectivity index (χ3n) is 3.11. The quantitative estimate of drug-likeness (QED) is 0.783. The monoisotopic (exact) mass is 223 g/mol. The zero-order valence-electron chi connectivity index (χ0n) is 10.3. The Kier molecular flexibility index (Phi) is 4.31.